The molecule has 2 aromatic carbocycles. The molecule has 2 heteroatoms. The molecule has 0 saturated heterocycles. The van der Waals surface area contributed by atoms with Crippen molar-refractivity contribution in [2.24, 2.45) is 5.73 Å². The summed E-state index contributed by atoms with van der Waals surface area (Å²) in [6.45, 7) is 4.98. The lowest BCUT2D eigenvalue weighted by Gasteiger charge is -2.17. The molecule has 0 spiro atoms. The van der Waals surface area contributed by atoms with Gasteiger partial charge in [0.2, 0.25) is 0 Å². The molecule has 0 aliphatic heterocycles. The summed E-state index contributed by atoms with van der Waals surface area (Å²) in [5.41, 5.74) is 11.3. The minimum absolute atomic E-state index is 0.373. The van der Waals surface area contributed by atoms with Gasteiger partial charge in [0, 0.05) is 10.4 Å². The van der Waals surface area contributed by atoms with Gasteiger partial charge in [-0.3, -0.25) is 0 Å². The Hall–Kier alpha value is -1.12. The first-order valence-electron chi connectivity index (χ1n) is 6.62. The summed E-state index contributed by atoms with van der Waals surface area (Å²) in [6.07, 6.45) is 1.00. The molecule has 0 saturated carbocycles. The summed E-state index contributed by atoms with van der Waals surface area (Å²) in [6, 6.07) is 15.1. The molecule has 1 unspecified atom stereocenters. The average Bonchev–Trinajstić information content (AvgIpc) is 2.39. The lowest BCUT2D eigenvalue weighted by Crippen LogP contribution is -2.15. The summed E-state index contributed by atoms with van der Waals surface area (Å²) in [5, 5.41) is 0. The van der Waals surface area contributed by atoms with Crippen molar-refractivity contribution in [2.45, 2.75) is 26.2 Å². The molecule has 0 heterocycles. The molecule has 0 fully saturated rings. The van der Waals surface area contributed by atoms with Crippen LogP contribution < -0.4 is 5.73 Å². The van der Waals surface area contributed by atoms with Gasteiger partial charge in [-0.15, -0.1) is 0 Å². The van der Waals surface area contributed by atoms with E-state index in [2.05, 4.69) is 72.2 Å². The van der Waals surface area contributed by atoms with E-state index in [1.807, 2.05) is 0 Å². The Morgan fingerprint density at radius 3 is 2.58 bits per heavy atom. The van der Waals surface area contributed by atoms with E-state index < -0.39 is 0 Å². The van der Waals surface area contributed by atoms with E-state index >= 15 is 0 Å². The van der Waals surface area contributed by atoms with E-state index in [1.54, 1.807) is 0 Å². The third kappa shape index (κ3) is 3.68. The van der Waals surface area contributed by atoms with Crippen LogP contribution in [0.15, 0.2) is 46.9 Å². The highest BCUT2D eigenvalue weighted by atomic mass is 79.9. The first kappa shape index (κ1) is 14.3. The van der Waals surface area contributed by atoms with Crippen LogP contribution in [0.2, 0.25) is 0 Å². The highest BCUT2D eigenvalue weighted by Crippen LogP contribution is 2.24. The summed E-state index contributed by atoms with van der Waals surface area (Å²) in [4.78, 5) is 0. The van der Waals surface area contributed by atoms with E-state index in [0.29, 0.717) is 12.5 Å². The molecule has 100 valence electrons. The fraction of sp³-hybridized carbons (Fsp3) is 0.294. The van der Waals surface area contributed by atoms with Crippen molar-refractivity contribution in [1.82, 2.24) is 0 Å². The molecule has 0 aliphatic rings. The average molecular weight is 318 g/mol. The maximum Gasteiger partial charge on any atom is 0.0178 e. The largest absolute Gasteiger partial charge is 0.330 e. The molecular weight excluding hydrogens is 298 g/mol. The Bertz CT molecular complexity index is 563. The minimum atomic E-state index is 0.373. The van der Waals surface area contributed by atoms with Crippen molar-refractivity contribution >= 4 is 15.9 Å². The SMILES string of the molecule is Cc1ccc(C)c(CC(CN)c2cccc(Br)c2)c1. The van der Waals surface area contributed by atoms with Crippen LogP contribution in [0.25, 0.3) is 0 Å². The van der Waals surface area contributed by atoms with Gasteiger partial charge in [-0.2, -0.15) is 0 Å². The topological polar surface area (TPSA) is 26.0 Å². The van der Waals surface area contributed by atoms with Gasteiger partial charge in [-0.25, -0.2) is 0 Å². The van der Waals surface area contributed by atoms with Gasteiger partial charge in [0.15, 0.2) is 0 Å². The van der Waals surface area contributed by atoms with Crippen LogP contribution in [0.3, 0.4) is 0 Å². The molecule has 0 bridgehead atoms. The third-order valence-corrected chi connectivity index (χ3v) is 4.07. The Balaban J connectivity index is 2.26. The summed E-state index contributed by atoms with van der Waals surface area (Å²) in [7, 11) is 0. The summed E-state index contributed by atoms with van der Waals surface area (Å²) >= 11 is 3.53. The van der Waals surface area contributed by atoms with Gasteiger partial charge in [-0.1, -0.05) is 51.8 Å². The van der Waals surface area contributed by atoms with Gasteiger partial charge < -0.3 is 5.73 Å². The van der Waals surface area contributed by atoms with E-state index in [-0.39, 0.29) is 0 Å². The van der Waals surface area contributed by atoms with Crippen molar-refractivity contribution in [3.63, 3.8) is 0 Å². The zero-order valence-electron chi connectivity index (χ0n) is 11.5. The van der Waals surface area contributed by atoms with Crippen LogP contribution in [0, 0.1) is 13.8 Å². The van der Waals surface area contributed by atoms with Gasteiger partial charge in [0.1, 0.15) is 0 Å². The molecule has 19 heavy (non-hydrogen) atoms. The number of halogens is 1. The number of benzene rings is 2. The van der Waals surface area contributed by atoms with Crippen LogP contribution in [-0.4, -0.2) is 6.54 Å². The van der Waals surface area contributed by atoms with Gasteiger partial charge in [-0.05, 0) is 55.6 Å². The zero-order chi connectivity index (χ0) is 13.8. The zero-order valence-corrected chi connectivity index (χ0v) is 13.1. The standard InChI is InChI=1S/C17H20BrN/c1-12-6-7-13(2)15(8-12)9-16(11-19)14-4-3-5-17(18)10-14/h3-8,10,16H,9,11,19H2,1-2H3. The monoisotopic (exact) mass is 317 g/mol. The van der Waals surface area contributed by atoms with Crippen molar-refractivity contribution in [2.75, 3.05) is 6.54 Å². The number of rotatable bonds is 4. The molecule has 0 radical (unpaired) electrons. The molecule has 2 N–H and O–H groups in total. The maximum absolute atomic E-state index is 5.98. The van der Waals surface area contributed by atoms with Gasteiger partial charge >= 0.3 is 0 Å². The third-order valence-electron chi connectivity index (χ3n) is 3.58. The second-order valence-electron chi connectivity index (χ2n) is 5.12. The smallest absolute Gasteiger partial charge is 0.0178 e. The lowest BCUT2D eigenvalue weighted by atomic mass is 9.89. The molecule has 0 amide bonds. The number of nitrogens with two attached hydrogens (primary N) is 1. The highest BCUT2D eigenvalue weighted by Gasteiger charge is 2.12. The molecule has 0 aliphatic carbocycles. The fourth-order valence-corrected chi connectivity index (χ4v) is 2.80. The molecule has 2 aromatic rings. The van der Waals surface area contributed by atoms with Crippen LogP contribution >= 0.6 is 15.9 Å². The normalized spacial score (nSPS) is 12.4. The Labute approximate surface area is 124 Å². The van der Waals surface area contributed by atoms with Crippen molar-refractivity contribution in [3.05, 3.63) is 69.2 Å². The highest BCUT2D eigenvalue weighted by molar-refractivity contribution is 9.10. The predicted molar refractivity (Wildman–Crippen MR) is 85.6 cm³/mol. The van der Waals surface area contributed by atoms with Crippen LogP contribution in [0.4, 0.5) is 0 Å². The Kier molecular flexibility index (Phi) is 4.78. The fourth-order valence-electron chi connectivity index (χ4n) is 2.38. The van der Waals surface area contributed by atoms with Crippen LogP contribution in [-0.2, 0) is 6.42 Å². The molecular formula is C17H20BrN. The Morgan fingerprint density at radius 1 is 1.11 bits per heavy atom. The predicted octanol–water partition coefficient (Wildman–Crippen LogP) is 4.35. The van der Waals surface area contributed by atoms with E-state index in [0.717, 1.165) is 10.9 Å². The first-order chi connectivity index (χ1) is 9.10. The van der Waals surface area contributed by atoms with Crippen LogP contribution in [0.1, 0.15) is 28.2 Å². The van der Waals surface area contributed by atoms with Crippen LogP contribution in [0.5, 0.6) is 0 Å². The van der Waals surface area contributed by atoms with Gasteiger partial charge in [0.05, 0.1) is 0 Å². The van der Waals surface area contributed by atoms with Gasteiger partial charge in [0.25, 0.3) is 0 Å². The Morgan fingerprint density at radius 2 is 1.89 bits per heavy atom. The van der Waals surface area contributed by atoms with E-state index in [4.69, 9.17) is 5.73 Å². The lowest BCUT2D eigenvalue weighted by molar-refractivity contribution is 0.691. The molecule has 1 nitrogen and oxygen atoms in total. The summed E-state index contributed by atoms with van der Waals surface area (Å²) < 4.78 is 1.12. The number of aryl methyl sites for hydroxylation is 2. The molecule has 2 rings (SSSR count). The molecule has 1 atom stereocenters. The summed E-state index contributed by atoms with van der Waals surface area (Å²) in [5.74, 6) is 0.373. The van der Waals surface area contributed by atoms with E-state index in [1.165, 1.54) is 22.3 Å². The van der Waals surface area contributed by atoms with Crippen molar-refractivity contribution in [3.8, 4) is 0 Å². The van der Waals surface area contributed by atoms with Crippen molar-refractivity contribution < 1.29 is 0 Å². The van der Waals surface area contributed by atoms with E-state index in [9.17, 15) is 0 Å². The second kappa shape index (κ2) is 6.36. The maximum atomic E-state index is 5.98. The minimum Gasteiger partial charge on any atom is -0.330 e. The number of hydrogen-bond acceptors (Lipinski definition) is 1. The second-order valence-corrected chi connectivity index (χ2v) is 6.04. The quantitative estimate of drug-likeness (QED) is 0.891. The first-order valence-corrected chi connectivity index (χ1v) is 7.41. The molecule has 0 aromatic heterocycles. The number of hydrogen-bond donors (Lipinski definition) is 1. The van der Waals surface area contributed by atoms with Crippen molar-refractivity contribution in [1.29, 1.82) is 0 Å².